The molecule has 126 valence electrons. The Morgan fingerprint density at radius 2 is 2.08 bits per heavy atom. The van der Waals surface area contributed by atoms with Crippen LogP contribution in [0.25, 0.3) is 0 Å². The predicted octanol–water partition coefficient (Wildman–Crippen LogP) is 4.04. The van der Waals surface area contributed by atoms with Crippen LogP contribution in [0.4, 0.5) is 8.78 Å². The standard InChI is InChI=1S/C18H18F2N2OS/c1-4-14(23-13-6-11(8-21)5-12(19)7-13)15-9(2)17(20)18(24)16(15)10(3)22/h4-7,9,17-18,24H,1,22H2,2-3H3/b15-14+,16-10-. The second kappa shape index (κ2) is 7.10. The minimum absolute atomic E-state index is 0.124. The van der Waals surface area contributed by atoms with Gasteiger partial charge in [0.2, 0.25) is 0 Å². The second-order valence-electron chi connectivity index (χ2n) is 5.65. The molecule has 0 heterocycles. The van der Waals surface area contributed by atoms with Crippen LogP contribution in [0, 0.1) is 23.1 Å². The molecule has 0 spiro atoms. The van der Waals surface area contributed by atoms with Crippen molar-refractivity contribution in [1.82, 2.24) is 0 Å². The number of benzene rings is 1. The van der Waals surface area contributed by atoms with E-state index in [1.807, 2.05) is 6.07 Å². The number of halogens is 2. The summed E-state index contributed by atoms with van der Waals surface area (Å²) in [7, 11) is 0. The molecule has 0 radical (unpaired) electrons. The lowest BCUT2D eigenvalue weighted by atomic mass is 9.99. The highest BCUT2D eigenvalue weighted by Gasteiger charge is 2.42. The van der Waals surface area contributed by atoms with Crippen molar-refractivity contribution >= 4 is 12.6 Å². The molecule has 24 heavy (non-hydrogen) atoms. The van der Waals surface area contributed by atoms with Crippen LogP contribution in [-0.4, -0.2) is 11.4 Å². The third-order valence-electron chi connectivity index (χ3n) is 3.92. The Morgan fingerprint density at radius 1 is 1.42 bits per heavy atom. The quantitative estimate of drug-likeness (QED) is 0.640. The number of nitriles is 1. The summed E-state index contributed by atoms with van der Waals surface area (Å²) in [4.78, 5) is 0. The highest BCUT2D eigenvalue weighted by Crippen LogP contribution is 2.44. The Bertz CT molecular complexity index is 776. The Hall–Kier alpha value is -2.26. The first kappa shape index (κ1) is 18.1. The van der Waals surface area contributed by atoms with Gasteiger partial charge in [-0.1, -0.05) is 13.5 Å². The molecule has 3 nitrogen and oxygen atoms in total. The van der Waals surface area contributed by atoms with E-state index in [2.05, 4.69) is 19.2 Å². The van der Waals surface area contributed by atoms with Crippen molar-refractivity contribution < 1.29 is 13.5 Å². The van der Waals surface area contributed by atoms with Crippen LogP contribution in [-0.2, 0) is 0 Å². The van der Waals surface area contributed by atoms with Crippen molar-refractivity contribution in [3.05, 3.63) is 64.8 Å². The van der Waals surface area contributed by atoms with Crippen LogP contribution in [0.2, 0.25) is 0 Å². The zero-order valence-corrected chi connectivity index (χ0v) is 14.3. The summed E-state index contributed by atoms with van der Waals surface area (Å²) in [6, 6.07) is 5.50. The maximum atomic E-state index is 14.4. The van der Waals surface area contributed by atoms with Gasteiger partial charge in [-0.25, -0.2) is 8.78 Å². The van der Waals surface area contributed by atoms with Gasteiger partial charge in [0.25, 0.3) is 0 Å². The zero-order chi connectivity index (χ0) is 18.0. The topological polar surface area (TPSA) is 59.0 Å². The van der Waals surface area contributed by atoms with Gasteiger partial charge in [-0.05, 0) is 30.7 Å². The van der Waals surface area contributed by atoms with Gasteiger partial charge in [0, 0.05) is 23.3 Å². The molecule has 1 aromatic carbocycles. The maximum absolute atomic E-state index is 14.4. The van der Waals surface area contributed by atoms with Crippen molar-refractivity contribution in [1.29, 1.82) is 5.26 Å². The molecule has 0 bridgehead atoms. The highest BCUT2D eigenvalue weighted by atomic mass is 32.1. The fourth-order valence-corrected chi connectivity index (χ4v) is 3.42. The first-order valence-electron chi connectivity index (χ1n) is 7.34. The maximum Gasteiger partial charge on any atom is 0.131 e. The number of hydrogen-bond donors (Lipinski definition) is 2. The molecule has 6 heteroatoms. The Balaban J connectivity index is 2.56. The average molecular weight is 348 g/mol. The summed E-state index contributed by atoms with van der Waals surface area (Å²) in [6.45, 7) is 7.07. The van der Waals surface area contributed by atoms with E-state index in [0.717, 1.165) is 12.1 Å². The summed E-state index contributed by atoms with van der Waals surface area (Å²) in [5.74, 6) is -0.694. The number of nitrogens with zero attached hydrogens (tertiary/aromatic N) is 1. The Kier molecular flexibility index (Phi) is 5.35. The van der Waals surface area contributed by atoms with Gasteiger partial charge < -0.3 is 10.5 Å². The summed E-state index contributed by atoms with van der Waals surface area (Å²) in [5.41, 5.74) is 7.58. The fraction of sp³-hybridized carbons (Fsp3) is 0.278. The van der Waals surface area contributed by atoms with Crippen LogP contribution in [0.15, 0.2) is 53.5 Å². The molecule has 0 aliphatic heterocycles. The molecule has 2 N–H and O–H groups in total. The molecule has 1 aliphatic rings. The van der Waals surface area contributed by atoms with E-state index in [1.165, 1.54) is 12.1 Å². The summed E-state index contributed by atoms with van der Waals surface area (Å²) in [5, 5.41) is 8.26. The van der Waals surface area contributed by atoms with Gasteiger partial charge in [-0.15, -0.1) is 0 Å². The highest BCUT2D eigenvalue weighted by molar-refractivity contribution is 7.81. The monoisotopic (exact) mass is 348 g/mol. The average Bonchev–Trinajstić information content (AvgIpc) is 2.76. The second-order valence-corrected chi connectivity index (χ2v) is 6.20. The van der Waals surface area contributed by atoms with Gasteiger partial charge in [0.05, 0.1) is 16.9 Å². The third kappa shape index (κ3) is 3.31. The number of rotatable bonds is 3. The van der Waals surface area contributed by atoms with Crippen LogP contribution in [0.1, 0.15) is 19.4 Å². The lowest BCUT2D eigenvalue weighted by Crippen LogP contribution is -2.15. The SMILES string of the molecule is C=C/C(Oc1cc(F)cc(C#N)c1)=C1\C(=C(/C)N)C(S)C(F)C1C. The number of ether oxygens (including phenoxy) is 1. The lowest BCUT2D eigenvalue weighted by Gasteiger charge is -2.15. The molecule has 0 aromatic heterocycles. The van der Waals surface area contributed by atoms with E-state index in [9.17, 15) is 8.78 Å². The Labute approximate surface area is 145 Å². The van der Waals surface area contributed by atoms with Crippen molar-refractivity contribution in [3.63, 3.8) is 0 Å². The summed E-state index contributed by atoms with van der Waals surface area (Å²) >= 11 is 4.31. The summed E-state index contributed by atoms with van der Waals surface area (Å²) < 4.78 is 33.7. The third-order valence-corrected chi connectivity index (χ3v) is 4.47. The predicted molar refractivity (Wildman–Crippen MR) is 92.7 cm³/mol. The van der Waals surface area contributed by atoms with Gasteiger partial charge in [-0.2, -0.15) is 17.9 Å². The molecule has 1 fully saturated rings. The van der Waals surface area contributed by atoms with Crippen LogP contribution < -0.4 is 10.5 Å². The molecular formula is C18H18F2N2OS. The fourth-order valence-electron chi connectivity index (χ4n) is 2.82. The van der Waals surface area contributed by atoms with E-state index in [-0.39, 0.29) is 17.1 Å². The van der Waals surface area contributed by atoms with Crippen molar-refractivity contribution in [3.8, 4) is 11.8 Å². The number of hydrogen-bond acceptors (Lipinski definition) is 4. The zero-order valence-electron chi connectivity index (χ0n) is 13.4. The van der Waals surface area contributed by atoms with Crippen molar-refractivity contribution in [2.75, 3.05) is 0 Å². The molecule has 3 atom stereocenters. The molecule has 1 saturated carbocycles. The first-order chi connectivity index (χ1) is 11.3. The smallest absolute Gasteiger partial charge is 0.131 e. The molecule has 0 amide bonds. The van der Waals surface area contributed by atoms with E-state index >= 15 is 0 Å². The van der Waals surface area contributed by atoms with E-state index < -0.39 is 23.2 Å². The Morgan fingerprint density at radius 3 is 2.62 bits per heavy atom. The van der Waals surface area contributed by atoms with Gasteiger partial charge >= 0.3 is 0 Å². The van der Waals surface area contributed by atoms with Crippen LogP contribution >= 0.6 is 12.6 Å². The first-order valence-corrected chi connectivity index (χ1v) is 7.85. The number of nitrogens with two attached hydrogens (primary N) is 1. The molecule has 2 rings (SSSR count). The normalized spacial score (nSPS) is 27.4. The molecule has 1 aromatic rings. The molecule has 3 unspecified atom stereocenters. The van der Waals surface area contributed by atoms with E-state index in [4.69, 9.17) is 15.7 Å². The minimum Gasteiger partial charge on any atom is -0.457 e. The number of thiol groups is 1. The van der Waals surface area contributed by atoms with Gasteiger partial charge in [-0.3, -0.25) is 0 Å². The van der Waals surface area contributed by atoms with Crippen molar-refractivity contribution in [2.45, 2.75) is 25.3 Å². The lowest BCUT2D eigenvalue weighted by molar-refractivity contribution is 0.297. The largest absolute Gasteiger partial charge is 0.457 e. The van der Waals surface area contributed by atoms with E-state index in [0.29, 0.717) is 16.8 Å². The molecule has 1 aliphatic carbocycles. The molecule has 0 saturated heterocycles. The van der Waals surface area contributed by atoms with Gasteiger partial charge in [0.15, 0.2) is 0 Å². The number of allylic oxidation sites excluding steroid dienone is 3. The number of alkyl halides is 1. The van der Waals surface area contributed by atoms with E-state index in [1.54, 1.807) is 13.8 Å². The minimum atomic E-state index is -1.22. The van der Waals surface area contributed by atoms with Crippen molar-refractivity contribution in [2.24, 2.45) is 11.7 Å². The molecular weight excluding hydrogens is 330 g/mol. The van der Waals surface area contributed by atoms with Gasteiger partial charge in [0.1, 0.15) is 23.5 Å². The van der Waals surface area contributed by atoms with Crippen LogP contribution in [0.5, 0.6) is 5.75 Å². The van der Waals surface area contributed by atoms with Crippen LogP contribution in [0.3, 0.4) is 0 Å². The summed E-state index contributed by atoms with van der Waals surface area (Å²) in [6.07, 6.45) is 0.196.